The molecule has 0 amide bonds. The fraction of sp³-hybridized carbons (Fsp3) is 0.167. The highest BCUT2D eigenvalue weighted by Gasteiger charge is 2.09. The number of rotatable bonds is 4. The molecule has 0 spiro atoms. The summed E-state index contributed by atoms with van der Waals surface area (Å²) in [5, 5.41) is 13.3. The lowest BCUT2D eigenvalue weighted by Crippen LogP contribution is -2.22. The van der Waals surface area contributed by atoms with Crippen molar-refractivity contribution in [1.82, 2.24) is 4.68 Å². The molecule has 5 heteroatoms. The van der Waals surface area contributed by atoms with Crippen LogP contribution in [0.25, 0.3) is 0 Å². The van der Waals surface area contributed by atoms with E-state index in [0.29, 0.717) is 22.6 Å². The van der Waals surface area contributed by atoms with E-state index in [1.54, 1.807) is 32.0 Å². The number of nitrogens with zero attached hydrogens (tertiary/aromatic N) is 3. The molecule has 0 aliphatic rings. The third-order valence-electron chi connectivity index (χ3n) is 3.21. The van der Waals surface area contributed by atoms with Gasteiger partial charge in [0.15, 0.2) is 0 Å². The Balaban J connectivity index is 2.45. The van der Waals surface area contributed by atoms with Crippen molar-refractivity contribution in [3.8, 4) is 24.2 Å². The summed E-state index contributed by atoms with van der Waals surface area (Å²) in [5.41, 5.74) is 1.62. The number of aryl methyl sites for hydroxylation is 2. The lowest BCUT2D eigenvalue weighted by molar-refractivity contribution is 0.370. The van der Waals surface area contributed by atoms with Crippen molar-refractivity contribution < 1.29 is 4.74 Å². The van der Waals surface area contributed by atoms with Crippen LogP contribution < -0.4 is 10.3 Å². The fourth-order valence-electron chi connectivity index (χ4n) is 2.12. The van der Waals surface area contributed by atoms with E-state index in [2.05, 4.69) is 11.0 Å². The SMILES string of the molecule is C#CCOc1ccccc1/C=N\n1c(C)cc(C)c(C#N)c1=O. The summed E-state index contributed by atoms with van der Waals surface area (Å²) in [7, 11) is 0. The maximum atomic E-state index is 12.3. The molecule has 0 N–H and O–H groups in total. The summed E-state index contributed by atoms with van der Waals surface area (Å²) >= 11 is 0. The second kappa shape index (κ2) is 7.11. The topological polar surface area (TPSA) is 67.4 Å². The van der Waals surface area contributed by atoms with E-state index in [4.69, 9.17) is 16.4 Å². The number of hydrogen-bond acceptors (Lipinski definition) is 4. The Morgan fingerprint density at radius 2 is 2.13 bits per heavy atom. The molecule has 23 heavy (non-hydrogen) atoms. The van der Waals surface area contributed by atoms with Gasteiger partial charge >= 0.3 is 0 Å². The van der Waals surface area contributed by atoms with E-state index < -0.39 is 5.56 Å². The standard InChI is InChI=1S/C18H15N3O2/c1-4-9-23-17-8-6-5-7-15(17)12-20-21-14(3)10-13(2)16(11-19)18(21)22/h1,5-8,10,12H,9H2,2-3H3/b20-12-. The molecule has 0 bridgehead atoms. The van der Waals surface area contributed by atoms with Crippen molar-refractivity contribution in [3.63, 3.8) is 0 Å². The predicted molar refractivity (Wildman–Crippen MR) is 88.7 cm³/mol. The Labute approximate surface area is 134 Å². The van der Waals surface area contributed by atoms with Crippen molar-refractivity contribution >= 4 is 6.21 Å². The zero-order chi connectivity index (χ0) is 16.8. The van der Waals surface area contributed by atoms with Gasteiger partial charge in [-0.1, -0.05) is 18.1 Å². The summed E-state index contributed by atoms with van der Waals surface area (Å²) in [6.07, 6.45) is 6.70. The first-order chi connectivity index (χ1) is 11.1. The normalized spacial score (nSPS) is 10.3. The minimum absolute atomic E-state index is 0.0876. The van der Waals surface area contributed by atoms with E-state index >= 15 is 0 Å². The summed E-state index contributed by atoms with van der Waals surface area (Å²) < 4.78 is 6.63. The quantitative estimate of drug-likeness (QED) is 0.642. The summed E-state index contributed by atoms with van der Waals surface area (Å²) in [6.45, 7) is 3.63. The minimum Gasteiger partial charge on any atom is -0.480 e. The van der Waals surface area contributed by atoms with E-state index in [9.17, 15) is 4.79 Å². The number of benzene rings is 1. The molecule has 0 atom stereocenters. The first-order valence-electron chi connectivity index (χ1n) is 6.91. The molecule has 0 aliphatic heterocycles. The number of nitriles is 1. The molecule has 0 aliphatic carbocycles. The van der Waals surface area contributed by atoms with Crippen LogP contribution in [0, 0.1) is 37.5 Å². The lowest BCUT2D eigenvalue weighted by atomic mass is 10.1. The first kappa shape index (κ1) is 16.1. The molecule has 0 saturated carbocycles. The van der Waals surface area contributed by atoms with Crippen LogP contribution in [0.1, 0.15) is 22.4 Å². The Bertz CT molecular complexity index is 896. The van der Waals surface area contributed by atoms with Gasteiger partial charge in [-0.3, -0.25) is 4.79 Å². The molecule has 2 rings (SSSR count). The van der Waals surface area contributed by atoms with Crippen molar-refractivity contribution in [2.24, 2.45) is 5.10 Å². The monoisotopic (exact) mass is 305 g/mol. The largest absolute Gasteiger partial charge is 0.480 e. The van der Waals surface area contributed by atoms with Crippen molar-refractivity contribution in [3.05, 3.63) is 63.1 Å². The van der Waals surface area contributed by atoms with Gasteiger partial charge in [0.25, 0.3) is 5.56 Å². The maximum Gasteiger partial charge on any atom is 0.289 e. The molecule has 1 aromatic carbocycles. The van der Waals surface area contributed by atoms with Gasteiger partial charge in [0.1, 0.15) is 24.0 Å². The second-order valence-electron chi connectivity index (χ2n) is 4.85. The Hall–Kier alpha value is -3.31. The highest BCUT2D eigenvalue weighted by molar-refractivity contribution is 5.83. The van der Waals surface area contributed by atoms with Gasteiger partial charge in [-0.2, -0.15) is 10.4 Å². The first-order valence-corrected chi connectivity index (χ1v) is 6.91. The molecule has 0 fully saturated rings. The van der Waals surface area contributed by atoms with E-state index in [1.807, 2.05) is 18.2 Å². The number of pyridine rings is 1. The van der Waals surface area contributed by atoms with Gasteiger partial charge in [-0.25, -0.2) is 4.68 Å². The number of ether oxygens (including phenoxy) is 1. The van der Waals surface area contributed by atoms with Gasteiger partial charge in [0.2, 0.25) is 0 Å². The van der Waals surface area contributed by atoms with Crippen LogP contribution in [0.3, 0.4) is 0 Å². The van der Waals surface area contributed by atoms with Gasteiger partial charge in [0, 0.05) is 11.3 Å². The fourth-order valence-corrected chi connectivity index (χ4v) is 2.12. The second-order valence-corrected chi connectivity index (χ2v) is 4.85. The Kier molecular flexibility index (Phi) is 4.96. The van der Waals surface area contributed by atoms with E-state index in [-0.39, 0.29) is 12.2 Å². The van der Waals surface area contributed by atoms with Crippen molar-refractivity contribution in [2.45, 2.75) is 13.8 Å². The van der Waals surface area contributed by atoms with E-state index in [0.717, 1.165) is 0 Å². The average Bonchev–Trinajstić information content (AvgIpc) is 2.53. The molecule has 0 unspecified atom stereocenters. The molecule has 5 nitrogen and oxygen atoms in total. The number of aromatic nitrogens is 1. The van der Waals surface area contributed by atoms with Crippen LogP contribution in [0.4, 0.5) is 0 Å². The predicted octanol–water partition coefficient (Wildman–Crippen LogP) is 2.23. The third-order valence-corrected chi connectivity index (χ3v) is 3.21. The molecule has 1 heterocycles. The molecule has 2 aromatic rings. The van der Waals surface area contributed by atoms with Gasteiger partial charge in [-0.15, -0.1) is 6.42 Å². The molecule has 1 aromatic heterocycles. The van der Waals surface area contributed by atoms with Crippen LogP contribution in [0.2, 0.25) is 0 Å². The van der Waals surface area contributed by atoms with Gasteiger partial charge in [-0.05, 0) is 37.6 Å². The highest BCUT2D eigenvalue weighted by atomic mass is 16.5. The maximum absolute atomic E-state index is 12.3. The summed E-state index contributed by atoms with van der Waals surface area (Å²) in [4.78, 5) is 12.3. The molecular weight excluding hydrogens is 290 g/mol. The zero-order valence-electron chi connectivity index (χ0n) is 12.9. The number of hydrogen-bond donors (Lipinski definition) is 0. The molecule has 0 saturated heterocycles. The Morgan fingerprint density at radius 3 is 2.83 bits per heavy atom. The van der Waals surface area contributed by atoms with Crippen LogP contribution in [-0.4, -0.2) is 17.5 Å². The average molecular weight is 305 g/mol. The number of terminal acetylenes is 1. The summed E-state index contributed by atoms with van der Waals surface area (Å²) in [6, 6.07) is 10.9. The van der Waals surface area contributed by atoms with Crippen LogP contribution >= 0.6 is 0 Å². The minimum atomic E-state index is -0.441. The highest BCUT2D eigenvalue weighted by Crippen LogP contribution is 2.15. The van der Waals surface area contributed by atoms with Crippen molar-refractivity contribution in [2.75, 3.05) is 6.61 Å². The smallest absolute Gasteiger partial charge is 0.289 e. The third kappa shape index (κ3) is 3.48. The molecular formula is C18H15N3O2. The van der Waals surface area contributed by atoms with Gasteiger partial charge < -0.3 is 4.74 Å². The van der Waals surface area contributed by atoms with E-state index in [1.165, 1.54) is 10.9 Å². The lowest BCUT2D eigenvalue weighted by Gasteiger charge is -2.08. The Morgan fingerprint density at radius 1 is 1.39 bits per heavy atom. The van der Waals surface area contributed by atoms with Crippen LogP contribution in [0.15, 0.2) is 40.2 Å². The van der Waals surface area contributed by atoms with Gasteiger partial charge in [0.05, 0.1) is 6.21 Å². The van der Waals surface area contributed by atoms with Crippen LogP contribution in [-0.2, 0) is 0 Å². The number of para-hydroxylation sites is 1. The zero-order valence-corrected chi connectivity index (χ0v) is 12.9. The molecule has 114 valence electrons. The summed E-state index contributed by atoms with van der Waals surface area (Å²) in [5.74, 6) is 2.98. The van der Waals surface area contributed by atoms with Crippen molar-refractivity contribution in [1.29, 1.82) is 5.26 Å². The van der Waals surface area contributed by atoms with Crippen LogP contribution in [0.5, 0.6) is 5.75 Å². The molecule has 0 radical (unpaired) electrons.